The molecule has 0 bridgehead atoms. The van der Waals surface area contributed by atoms with Crippen LogP contribution in [0.25, 0.3) is 0 Å². The second-order valence-electron chi connectivity index (χ2n) is 30.4. The smallest absolute Gasteiger partial charge is 0.262 e. The van der Waals surface area contributed by atoms with Crippen LogP contribution in [0.15, 0.2) is 163 Å². The molecule has 57 heteroatoms. The van der Waals surface area contributed by atoms with Crippen LogP contribution in [0.2, 0.25) is 35.2 Å². The number of hydrogen-bond acceptors (Lipinski definition) is 37. The molecule has 4 fully saturated rings. The summed E-state index contributed by atoms with van der Waals surface area (Å²) in [6.45, 7) is 8.87. The van der Waals surface area contributed by atoms with Crippen molar-refractivity contribution >= 4 is 283 Å². The van der Waals surface area contributed by atoms with E-state index in [1.165, 1.54) is 91.6 Å². The Morgan fingerprint density at radius 3 is 1.10 bits per heavy atom. The van der Waals surface area contributed by atoms with E-state index < -0.39 is 47.4 Å². The fraction of sp³-hybridized carbons (Fsp3) is 0.211. The summed E-state index contributed by atoms with van der Waals surface area (Å²) in [6, 6.07) is 23.6. The summed E-state index contributed by atoms with van der Waals surface area (Å²) >= 11 is 62.5. The van der Waals surface area contributed by atoms with Crippen LogP contribution in [-0.4, -0.2) is 237 Å². The van der Waals surface area contributed by atoms with E-state index in [4.69, 9.17) is 114 Å². The van der Waals surface area contributed by atoms with E-state index >= 15 is 0 Å². The fourth-order valence-electron chi connectivity index (χ4n) is 13.2. The number of benzene rings is 8. The number of phenols is 7. The molecule has 3 amide bonds. The summed E-state index contributed by atoms with van der Waals surface area (Å²) in [5.41, 5.74) is 12.9. The number of aryl methyl sites for hydroxylation is 1. The van der Waals surface area contributed by atoms with Gasteiger partial charge in [-0.25, -0.2) is 59.2 Å². The highest BCUT2D eigenvalue weighted by molar-refractivity contribution is 9.11. The highest BCUT2D eigenvalue weighted by Crippen LogP contribution is 2.48. The molecule has 8 heterocycles. The van der Waals surface area contributed by atoms with Crippen molar-refractivity contribution < 1.29 is 101 Å². The van der Waals surface area contributed by atoms with Gasteiger partial charge in [-0.2, -0.15) is 40.3 Å². The van der Waals surface area contributed by atoms with E-state index in [0.717, 1.165) is 30.4 Å². The number of morpholine rings is 4. The summed E-state index contributed by atoms with van der Waals surface area (Å²) in [5, 5.41) is 95.6. The molecule has 12 aromatic rings. The molecule has 16 rings (SSSR count). The topological polar surface area (TPSA) is 507 Å². The van der Waals surface area contributed by atoms with E-state index in [9.17, 15) is 67.7 Å². The Morgan fingerprint density at radius 2 is 0.714 bits per heavy atom. The van der Waals surface area contributed by atoms with Gasteiger partial charge in [-0.1, -0.05) is 147 Å². The first kappa shape index (κ1) is 112. The van der Waals surface area contributed by atoms with E-state index in [2.05, 4.69) is 194 Å². The number of hydrazone groups is 4. The largest absolute Gasteiger partial charge is 0.506 e. The molecule has 8 aromatic carbocycles. The molecule has 772 valence electrons. The van der Waals surface area contributed by atoms with Crippen molar-refractivity contribution in [2.45, 2.75) is 6.92 Å². The molecule has 4 aliphatic heterocycles. The van der Waals surface area contributed by atoms with Crippen molar-refractivity contribution in [3.05, 3.63) is 234 Å². The molecular formula is C90H76Br6Cl7F4N23O17. The monoisotopic (exact) mass is 2540 g/mol. The molecule has 40 nitrogen and oxygen atoms in total. The number of nitrogens with one attached hydrogen (secondary N) is 7. The van der Waals surface area contributed by atoms with Crippen LogP contribution in [0.5, 0.6) is 63.2 Å². The van der Waals surface area contributed by atoms with Crippen LogP contribution < -0.4 is 71.5 Å². The number of carbonyl (C=O) groups excluding carboxylic acids is 3. The van der Waals surface area contributed by atoms with Gasteiger partial charge in [0.1, 0.15) is 43.8 Å². The van der Waals surface area contributed by atoms with Crippen molar-refractivity contribution in [3.63, 3.8) is 0 Å². The average Bonchev–Trinajstić information content (AvgIpc) is 0.787. The van der Waals surface area contributed by atoms with Crippen LogP contribution >= 0.6 is 177 Å². The Balaban J connectivity index is 0.000000164. The number of nitrogens with zero attached hydrogens (tertiary/aromatic N) is 16. The van der Waals surface area contributed by atoms with E-state index in [1.807, 2.05) is 25.1 Å². The SMILES string of the molecule is Cc1ccccc1NC(=O)COc1c(Br)cc(/C=N\Nc2ncc(F)c(N3CCOCC3)n2)c(O)c1Cl.O=C(COc1c(Br)cc(/C=N\Nc2ncc(F)c(N3CCOCC3)n2)c(O)c1Cl)Nc1cc(Br)cc(Cl)c1O.O=C(Nc1cc(Br)cc(Cl)c1O)c1c(Br)cc(/C=N\Nc2ncc(F)c(N3CCOCC3)n2)c(O)c1Cl.Oc1c(Cl)cc(Br)cc1Oc1ccc(/C=N\Nc2ncc(F)c(N3CCOCC3)n2)c(O)c1Cl. The van der Waals surface area contributed by atoms with Gasteiger partial charge in [0.25, 0.3) is 17.7 Å². The molecule has 0 unspecified atom stereocenters. The van der Waals surface area contributed by atoms with Crippen LogP contribution in [-0.2, 0) is 28.5 Å². The van der Waals surface area contributed by atoms with Gasteiger partial charge in [-0.3, -0.25) is 14.4 Å². The Bertz CT molecular complexity index is 7010. The first-order valence-corrected chi connectivity index (χ1v) is 50.0. The summed E-state index contributed by atoms with van der Waals surface area (Å²) in [5.74, 6) is -5.24. The van der Waals surface area contributed by atoms with E-state index in [1.54, 1.807) is 25.7 Å². The molecule has 4 aliphatic rings. The minimum absolute atomic E-state index is 0.00273. The lowest BCUT2D eigenvalue weighted by Crippen LogP contribution is -2.37. The Hall–Kier alpha value is -12.0. The molecule has 14 N–H and O–H groups in total. The van der Waals surface area contributed by atoms with Crippen molar-refractivity contribution in [3.8, 4) is 63.2 Å². The molecule has 0 atom stereocenters. The number of carbonyl (C=O) groups is 3. The summed E-state index contributed by atoms with van der Waals surface area (Å²) in [7, 11) is 0. The molecule has 147 heavy (non-hydrogen) atoms. The van der Waals surface area contributed by atoms with Crippen molar-refractivity contribution in [2.75, 3.05) is 176 Å². The number of aromatic nitrogens is 8. The maximum Gasteiger partial charge on any atom is 0.262 e. The maximum absolute atomic E-state index is 14.2. The van der Waals surface area contributed by atoms with Gasteiger partial charge < -0.3 is 104 Å². The quantitative estimate of drug-likeness (QED) is 0.00937. The second kappa shape index (κ2) is 53.3. The van der Waals surface area contributed by atoms with E-state index in [-0.39, 0.29) is 196 Å². The Labute approximate surface area is 916 Å². The normalized spacial score (nSPS) is 13.7. The molecule has 4 saturated heterocycles. The van der Waals surface area contributed by atoms with Crippen molar-refractivity contribution in [2.24, 2.45) is 20.4 Å². The van der Waals surface area contributed by atoms with Gasteiger partial charge in [0.15, 0.2) is 94.3 Å². The minimum atomic E-state index is -0.714. The molecule has 4 aromatic heterocycles. The van der Waals surface area contributed by atoms with Gasteiger partial charge in [-0.05, 0) is 133 Å². The lowest BCUT2D eigenvalue weighted by molar-refractivity contribution is -0.118. The van der Waals surface area contributed by atoms with Gasteiger partial charge in [-0.15, -0.1) is 0 Å². The van der Waals surface area contributed by atoms with E-state index in [0.29, 0.717) is 133 Å². The summed E-state index contributed by atoms with van der Waals surface area (Å²) in [4.78, 5) is 76.7. The molecule has 0 aliphatic carbocycles. The molecule has 0 radical (unpaired) electrons. The lowest BCUT2D eigenvalue weighted by Gasteiger charge is -2.27. The number of ether oxygens (including phenoxy) is 7. The third-order valence-electron chi connectivity index (χ3n) is 20.4. The van der Waals surface area contributed by atoms with Gasteiger partial charge in [0, 0.05) is 98.2 Å². The number of anilines is 11. The molecular weight excluding hydrogens is 2480 g/mol. The zero-order chi connectivity index (χ0) is 105. The van der Waals surface area contributed by atoms with Crippen molar-refractivity contribution in [1.82, 2.24) is 39.9 Å². The molecule has 0 spiro atoms. The number of phenolic OH excluding ortho intramolecular Hbond substituents is 7. The molecule has 0 saturated carbocycles. The average molecular weight is 2560 g/mol. The van der Waals surface area contributed by atoms with Crippen LogP contribution in [0.1, 0.15) is 38.2 Å². The highest BCUT2D eigenvalue weighted by Gasteiger charge is 2.29. The third kappa shape index (κ3) is 30.2. The number of aromatic hydroxyl groups is 7. The van der Waals surface area contributed by atoms with Crippen LogP contribution in [0, 0.1) is 30.2 Å². The number of hydrogen-bond donors (Lipinski definition) is 14. The van der Waals surface area contributed by atoms with Gasteiger partial charge in [0.2, 0.25) is 23.8 Å². The Morgan fingerprint density at radius 1 is 0.388 bits per heavy atom. The number of amides is 3. The minimum Gasteiger partial charge on any atom is -0.506 e. The summed E-state index contributed by atoms with van der Waals surface area (Å²) < 4.78 is 97.1. The first-order chi connectivity index (χ1) is 70.4. The number of halogens is 17. The van der Waals surface area contributed by atoms with Crippen molar-refractivity contribution in [1.29, 1.82) is 0 Å². The van der Waals surface area contributed by atoms with Crippen LogP contribution in [0.3, 0.4) is 0 Å². The predicted molar refractivity (Wildman–Crippen MR) is 570 cm³/mol. The van der Waals surface area contributed by atoms with Crippen LogP contribution in [0.4, 0.5) is 81.7 Å². The third-order valence-corrected chi connectivity index (χ3v) is 25.9. The maximum atomic E-state index is 14.2. The standard InChI is InChI=1S/C24H23BrClFN6O4.C23H19Br2Cl2FN6O5.C22H17Br2Cl2FN6O4.C21H17BrCl2FN5O4/c1-14-4-2-3-5-18(14)30-19(34)13-37-22-16(25)10-15(21(35)20(22)26)11-29-32-24-28-12-17(27)23(31-24)33-6-8-36-9-7-33;24-12-6-14(26)20(37)16(7-12)31-17(35)10-39-21-13(25)5-11(19(36)18(21)27)8-30-33-23-29-9-15(28)22(32-23)34-1-3-38-4-2-34;23-11-6-13(25)19(35)15(7-11)30-21(36)16-12(24)5-10(18(34)17(16)26)8-29-32-22-28-9-14(27)20(31-22)33-1-3-37-4-2-33;22-12-7-13(23)19(32)16(8-12)34-15-2-1-11(18(31)17(15)24)9-27-29-21-26-10-14(25)20(28-21)30-3-5-33-6-4-30/h2-5,10-12,35H,6-9,13H2,1H3,(H,30,34)(H,28,31,32);5-9,36-37H,1-4,10H2,(H,31,35)(H,29,32,33);5-9,34-35H,1-4H2,(H,30,36)(H,28,31,32);1-2,7-10,31-32H,3-6H2,(H,26,28,29)/b29-11-;30-8-;29-8-;27-9-. The zero-order valence-electron chi connectivity index (χ0n) is 75.3. The fourth-order valence-corrected chi connectivity index (χ4v) is 18.8. The summed E-state index contributed by atoms with van der Waals surface area (Å²) in [6.07, 6.45) is 9.25. The first-order valence-electron chi connectivity index (χ1n) is 42.6. The second-order valence-corrected chi connectivity index (χ2v) is 38.4. The Kier molecular flexibility index (Phi) is 40.7. The predicted octanol–water partition coefficient (Wildman–Crippen LogP) is 20.1. The number of para-hydroxylation sites is 1. The van der Waals surface area contributed by atoms with Gasteiger partial charge in [0.05, 0.1) is 148 Å². The van der Waals surface area contributed by atoms with Gasteiger partial charge >= 0.3 is 0 Å². The number of rotatable bonds is 28. The lowest BCUT2D eigenvalue weighted by atomic mass is 10.1. The highest BCUT2D eigenvalue weighted by atomic mass is 79.9. The zero-order valence-corrected chi connectivity index (χ0v) is 90.1.